The van der Waals surface area contributed by atoms with Crippen LogP contribution in [-0.4, -0.2) is 317 Å². The lowest BCUT2D eigenvalue weighted by molar-refractivity contribution is -0.663. The summed E-state index contributed by atoms with van der Waals surface area (Å²) in [5.74, 6) is -10.8. The molecule has 4 aromatic rings. The molecule has 4 fully saturated rings. The molecule has 106 heavy (non-hydrogen) atoms. The molecule has 4 aromatic carbocycles. The van der Waals surface area contributed by atoms with E-state index in [-0.39, 0.29) is 29.8 Å². The van der Waals surface area contributed by atoms with Crippen LogP contribution in [0.3, 0.4) is 0 Å². The fraction of sp³-hybridized carbons (Fsp3) is 0.515. The number of guanidine groups is 2. The highest BCUT2D eigenvalue weighted by Gasteiger charge is 2.55. The van der Waals surface area contributed by atoms with Gasteiger partial charge in [0.2, 0.25) is 48.0 Å². The molecule has 4 saturated heterocycles. The molecule has 576 valence electrons. The number of aliphatic imine (C=N–C) groups is 1. The van der Waals surface area contributed by atoms with Gasteiger partial charge in [0.15, 0.2) is 12.2 Å². The van der Waals surface area contributed by atoms with Crippen LogP contribution in [0.5, 0.6) is 5.75 Å². The minimum Gasteiger partial charge on any atom is -0.462 e. The van der Waals surface area contributed by atoms with E-state index in [9.17, 15) is 85.6 Å². The van der Waals surface area contributed by atoms with Gasteiger partial charge in [-0.05, 0) is 34.4 Å². The number of aliphatic hydroxyl groups excluding tert-OH is 13. The lowest BCUT2D eigenvalue weighted by atomic mass is 9.91. The van der Waals surface area contributed by atoms with E-state index in [0.29, 0.717) is 16.7 Å². The van der Waals surface area contributed by atoms with Crippen LogP contribution in [0.15, 0.2) is 120 Å². The molecule has 0 aliphatic carbocycles. The number of hydrogen-bond acceptors (Lipinski definition) is 31. The van der Waals surface area contributed by atoms with Gasteiger partial charge in [0.1, 0.15) is 147 Å². The number of esters is 1. The second-order valence-corrected chi connectivity index (χ2v) is 26.3. The fourth-order valence-corrected chi connectivity index (χ4v) is 13.3. The van der Waals surface area contributed by atoms with Crippen molar-refractivity contribution in [1.82, 2.24) is 42.5 Å². The molecule has 0 radical (unpaired) electrons. The predicted molar refractivity (Wildman–Crippen MR) is 361 cm³/mol. The van der Waals surface area contributed by atoms with Gasteiger partial charge < -0.3 is 138 Å². The van der Waals surface area contributed by atoms with Crippen molar-refractivity contribution < 1.29 is 133 Å². The van der Waals surface area contributed by atoms with E-state index in [1.54, 1.807) is 97.9 Å². The van der Waals surface area contributed by atoms with Gasteiger partial charge in [-0.3, -0.25) is 44.6 Å². The topological polar surface area (TPSA) is 602 Å². The quantitative estimate of drug-likeness (QED) is 0.0272. The van der Waals surface area contributed by atoms with Gasteiger partial charge in [-0.1, -0.05) is 110 Å². The summed E-state index contributed by atoms with van der Waals surface area (Å²) in [6.45, 7) is -3.72. The van der Waals surface area contributed by atoms with Crippen LogP contribution in [0.4, 0.5) is 0 Å². The first kappa shape index (κ1) is 79.4. The second kappa shape index (κ2) is 35.5. The van der Waals surface area contributed by atoms with Gasteiger partial charge in [0, 0.05) is 18.9 Å². The summed E-state index contributed by atoms with van der Waals surface area (Å²) in [7, 11) is 0. The van der Waals surface area contributed by atoms with E-state index in [1.165, 1.54) is 24.3 Å². The van der Waals surface area contributed by atoms with Gasteiger partial charge in [-0.2, -0.15) is 0 Å². The Morgan fingerprint density at radius 2 is 1.08 bits per heavy atom. The normalized spacial score (nSPS) is 33.8. The molecule has 25 atom stereocenters. The van der Waals surface area contributed by atoms with E-state index in [4.69, 9.17) is 39.9 Å². The Morgan fingerprint density at radius 1 is 0.547 bits per heavy atom. The Kier molecular flexibility index (Phi) is 26.6. The molecule has 6 aliphatic rings. The summed E-state index contributed by atoms with van der Waals surface area (Å²) in [5.41, 5.74) is 14.0. The Hall–Kier alpha value is -9.17. The van der Waals surface area contributed by atoms with Gasteiger partial charge in [0.05, 0.1) is 32.4 Å². The zero-order valence-electron chi connectivity index (χ0n) is 56.8. The van der Waals surface area contributed by atoms with Crippen LogP contribution in [0.2, 0.25) is 0 Å². The third-order valence-corrected chi connectivity index (χ3v) is 19.3. The molecular formula is C68H89N12O26+. The summed E-state index contributed by atoms with van der Waals surface area (Å²) in [4.78, 5) is 107. The van der Waals surface area contributed by atoms with Crippen LogP contribution in [0.1, 0.15) is 41.0 Å². The Balaban J connectivity index is 0.962. The molecule has 6 amide bonds. The molecule has 38 nitrogen and oxygen atoms in total. The van der Waals surface area contributed by atoms with Crippen molar-refractivity contribution in [2.45, 2.75) is 172 Å². The average molecular weight is 1490 g/mol. The number of nitrogens with two attached hydrogens (primary N) is 2. The van der Waals surface area contributed by atoms with Crippen molar-refractivity contribution in [1.29, 1.82) is 0 Å². The summed E-state index contributed by atoms with van der Waals surface area (Å²) in [6, 6.07) is 17.9. The first-order valence-electron chi connectivity index (χ1n) is 34.0. The molecule has 6 heterocycles. The van der Waals surface area contributed by atoms with Crippen molar-refractivity contribution in [2.24, 2.45) is 16.5 Å². The third kappa shape index (κ3) is 18.1. The molecule has 6 aliphatic heterocycles. The van der Waals surface area contributed by atoms with Crippen molar-refractivity contribution in [3.8, 4) is 5.75 Å². The zero-order chi connectivity index (χ0) is 76.4. The van der Waals surface area contributed by atoms with Gasteiger partial charge in [0.25, 0.3) is 0 Å². The first-order chi connectivity index (χ1) is 50.7. The molecule has 10 rings (SSSR count). The van der Waals surface area contributed by atoms with Gasteiger partial charge in [-0.15, -0.1) is 0 Å². The third-order valence-electron chi connectivity index (χ3n) is 19.3. The minimum atomic E-state index is -2.35. The lowest BCUT2D eigenvalue weighted by Crippen LogP contribution is -2.68. The smallest absolute Gasteiger partial charge is 0.346 e. The van der Waals surface area contributed by atoms with E-state index in [0.717, 1.165) is 4.58 Å². The molecule has 0 aromatic heterocycles. The molecule has 25 N–H and O–H groups in total. The highest BCUT2D eigenvalue weighted by molar-refractivity contribution is 5.98. The van der Waals surface area contributed by atoms with Crippen molar-refractivity contribution in [3.05, 3.63) is 138 Å². The molecule has 0 bridgehead atoms. The van der Waals surface area contributed by atoms with Crippen molar-refractivity contribution in [3.63, 3.8) is 0 Å². The molecular weight excluding hydrogens is 1400 g/mol. The number of amides is 6. The number of carbonyl (C=O) groups excluding carboxylic acids is 7. The van der Waals surface area contributed by atoms with E-state index >= 15 is 14.4 Å². The number of aliphatic hydroxyl groups is 13. The van der Waals surface area contributed by atoms with Crippen molar-refractivity contribution in [2.75, 3.05) is 46.1 Å². The van der Waals surface area contributed by atoms with Crippen LogP contribution >= 0.6 is 0 Å². The summed E-state index contributed by atoms with van der Waals surface area (Å²) < 4.78 is 36.4. The monoisotopic (exact) mass is 1490 g/mol. The summed E-state index contributed by atoms with van der Waals surface area (Å²) in [5, 5.41) is 163. The number of nitrogens with zero attached hydrogens (tertiary/aromatic N) is 2. The van der Waals surface area contributed by atoms with Gasteiger partial charge >= 0.3 is 11.9 Å². The zero-order valence-corrected chi connectivity index (χ0v) is 56.8. The summed E-state index contributed by atoms with van der Waals surface area (Å²) >= 11 is 0. The van der Waals surface area contributed by atoms with E-state index < -0.39 is 246 Å². The van der Waals surface area contributed by atoms with Crippen molar-refractivity contribution >= 4 is 53.3 Å². The summed E-state index contributed by atoms with van der Waals surface area (Å²) in [6.07, 6.45) is -32.6. The molecule has 0 saturated carbocycles. The minimum absolute atomic E-state index is 0.108. The van der Waals surface area contributed by atoms with E-state index in [1.807, 2.05) is 0 Å². The SMILES string of the molecule is C[C@H](c1ccccc1)[C@H]1NC(=O)CNC(=O)C(CO)NC(=O)[C@@H]([C@H](O)[C@@H]2CNC(N)=[N+]2[C@@H]2O[C@@H](CO)[C@H](O)[C@H](O)[C@@H]2O)NC(=O)[C@H]([C@H](O)[C@@H]2CNC(N)=N2)NC(=O)[C@@H](Cc2ccc(O[C@@H]3O[C@H](COC(=O)C(c4ccccc4)c4ccccc4)[C@H](O[C@@H]4O[C@@H](CO)[C@H](O)[C@H](O)[C@@H]4O)[C@@H](O)[C@H]3O)cc2)NC1=O. The Labute approximate surface area is 604 Å². The van der Waals surface area contributed by atoms with Crippen LogP contribution in [0, 0.1) is 0 Å². The highest BCUT2D eigenvalue weighted by Crippen LogP contribution is 2.34. The Morgan fingerprint density at radius 3 is 1.68 bits per heavy atom. The number of rotatable bonds is 21. The van der Waals surface area contributed by atoms with Crippen LogP contribution in [0.25, 0.3) is 0 Å². The van der Waals surface area contributed by atoms with E-state index in [2.05, 4.69) is 47.5 Å². The van der Waals surface area contributed by atoms with Crippen LogP contribution in [-0.2, 0) is 63.7 Å². The maximum Gasteiger partial charge on any atom is 0.346 e. The highest BCUT2D eigenvalue weighted by atomic mass is 16.7. The van der Waals surface area contributed by atoms with Crippen LogP contribution < -0.4 is 58.7 Å². The maximum atomic E-state index is 15.3. The van der Waals surface area contributed by atoms with Gasteiger partial charge in [-0.25, -0.2) is 9.57 Å². The number of hydrogen-bond donors (Lipinski definition) is 23. The number of carbonyl (C=O) groups is 7. The number of benzene rings is 4. The lowest BCUT2D eigenvalue weighted by Gasteiger charge is -2.46. The maximum absolute atomic E-state index is 15.3. The molecule has 1 unspecified atom stereocenters. The fourth-order valence-electron chi connectivity index (χ4n) is 13.3. The number of nitrogens with one attached hydrogen (secondary N) is 8. The second-order valence-electron chi connectivity index (χ2n) is 26.3. The molecule has 38 heteroatoms. The number of ether oxygens (including phenoxy) is 6. The largest absolute Gasteiger partial charge is 0.462 e. The average Bonchev–Trinajstić information content (AvgIpc) is 1.52. The standard InChI is InChI=1S/C68H88N12O26/c1-29(31-11-5-2-6-12-31)44-60(97)74-35(21-30-17-19-34(20-18-30)102-65-56(94)53(91)57(106-66-55(93)52(90)50(88)40(27-83)104-66)41(105-65)28-101-64(100)43(32-13-7-3-8-14-32)33-15-9-4-10-16-33)59(96)78-45(47(85)36-22-72-67(69)76-36)62(99)79-46(61(98)75-37(25-81)58(95)71-24-42(84)77-44)48(86)38-23-73-68(70)80(38)63-54(92)51(89)49(87)39(26-82)103-63/h2-20,29,35-41,43-57,63,65-66,81-83,85-94H,21-28H2,1H3,(H11,69,70,71,72,73,74,75,76,77,78,79,84,95,96,97,98,99)/p+1/t29-,35-,36+,37?,38+,39+,40+,41-,44-,45+,46-,47-,48-,49+,50+,51+,52+,53+,54+,55+,56-,57+,63-,65-,66+/m1/s1. The Bertz CT molecular complexity index is 3710. The predicted octanol–water partition coefficient (Wildman–Crippen LogP) is -10.9. The molecule has 0 spiro atoms. The first-order valence-corrected chi connectivity index (χ1v) is 34.0.